The lowest BCUT2D eigenvalue weighted by atomic mass is 9.85. The van der Waals surface area contributed by atoms with Gasteiger partial charge in [0, 0.05) is 19.6 Å². The number of pyridine rings is 1. The number of benzene rings is 1. The number of amides is 2. The second-order valence-corrected chi connectivity index (χ2v) is 7.36. The van der Waals surface area contributed by atoms with Crippen LogP contribution in [0.4, 0.5) is 5.82 Å². The molecule has 2 aromatic rings. The molecule has 2 aliphatic rings. The normalized spacial score (nSPS) is 22.4. The maximum Gasteiger partial charge on any atom is 0.273 e. The van der Waals surface area contributed by atoms with Gasteiger partial charge in [0.25, 0.3) is 5.91 Å². The number of carbonyl (C=O) groups is 2. The van der Waals surface area contributed by atoms with Gasteiger partial charge in [0.05, 0.1) is 0 Å². The molecule has 6 heteroatoms. The Labute approximate surface area is 159 Å². The minimum absolute atomic E-state index is 0.0624. The molecule has 27 heavy (non-hydrogen) atoms. The van der Waals surface area contributed by atoms with Gasteiger partial charge >= 0.3 is 0 Å². The maximum absolute atomic E-state index is 13.5. The van der Waals surface area contributed by atoms with Gasteiger partial charge in [-0.15, -0.1) is 0 Å². The Morgan fingerprint density at radius 3 is 2.52 bits per heavy atom. The van der Waals surface area contributed by atoms with Crippen LogP contribution in [0.25, 0.3) is 0 Å². The first kappa shape index (κ1) is 17.5. The highest BCUT2D eigenvalue weighted by molar-refractivity contribution is 5.99. The molecule has 2 amide bonds. The Bertz CT molecular complexity index is 854. The zero-order chi connectivity index (χ0) is 18.9. The first-order valence-corrected chi connectivity index (χ1v) is 9.48. The lowest BCUT2D eigenvalue weighted by Crippen LogP contribution is -2.61. The number of nitrogen functional groups attached to an aromatic ring is 1. The van der Waals surface area contributed by atoms with E-state index in [1.807, 2.05) is 35.2 Å². The molecule has 2 fully saturated rings. The third-order valence-corrected chi connectivity index (χ3v) is 5.64. The van der Waals surface area contributed by atoms with Crippen molar-refractivity contribution in [1.29, 1.82) is 0 Å². The van der Waals surface area contributed by atoms with Gasteiger partial charge in [-0.2, -0.15) is 0 Å². The highest BCUT2D eigenvalue weighted by atomic mass is 16.2. The minimum Gasteiger partial charge on any atom is -0.384 e. The number of anilines is 1. The van der Waals surface area contributed by atoms with Crippen LogP contribution in [0.15, 0.2) is 48.5 Å². The van der Waals surface area contributed by atoms with Crippen molar-refractivity contribution in [2.75, 3.05) is 18.8 Å². The van der Waals surface area contributed by atoms with E-state index in [-0.39, 0.29) is 11.8 Å². The van der Waals surface area contributed by atoms with Crippen LogP contribution in [0.3, 0.4) is 0 Å². The van der Waals surface area contributed by atoms with Crippen molar-refractivity contribution < 1.29 is 9.59 Å². The third kappa shape index (κ3) is 3.16. The van der Waals surface area contributed by atoms with E-state index in [0.29, 0.717) is 37.4 Å². The number of nitrogens with two attached hydrogens (primary N) is 1. The van der Waals surface area contributed by atoms with E-state index in [4.69, 9.17) is 5.73 Å². The fourth-order valence-corrected chi connectivity index (χ4v) is 4.39. The molecule has 0 aliphatic carbocycles. The highest BCUT2D eigenvalue weighted by Gasteiger charge is 2.52. The Kier molecular flexibility index (Phi) is 4.56. The number of hydrogen-bond acceptors (Lipinski definition) is 4. The molecule has 2 saturated heterocycles. The van der Waals surface area contributed by atoms with E-state index >= 15 is 0 Å². The fraction of sp³-hybridized carbons (Fsp3) is 0.381. The Morgan fingerprint density at radius 1 is 1.04 bits per heavy atom. The topological polar surface area (TPSA) is 79.5 Å². The number of hydrogen-bond donors (Lipinski definition) is 1. The van der Waals surface area contributed by atoms with Crippen molar-refractivity contribution in [2.24, 2.45) is 0 Å². The zero-order valence-electron chi connectivity index (χ0n) is 15.3. The predicted octanol–water partition coefficient (Wildman–Crippen LogP) is 2.46. The number of nitrogens with zero attached hydrogens (tertiary/aromatic N) is 3. The second kappa shape index (κ2) is 7.02. The quantitative estimate of drug-likeness (QED) is 0.907. The van der Waals surface area contributed by atoms with E-state index in [9.17, 15) is 9.59 Å². The average molecular weight is 364 g/mol. The van der Waals surface area contributed by atoms with Crippen LogP contribution < -0.4 is 5.73 Å². The zero-order valence-corrected chi connectivity index (χ0v) is 15.3. The first-order chi connectivity index (χ1) is 13.1. The molecule has 1 spiro atoms. The fourth-order valence-electron chi connectivity index (χ4n) is 4.39. The molecular weight excluding hydrogens is 340 g/mol. The van der Waals surface area contributed by atoms with E-state index in [2.05, 4.69) is 4.98 Å². The number of aromatic nitrogens is 1. The van der Waals surface area contributed by atoms with Crippen molar-refractivity contribution in [3.8, 4) is 0 Å². The highest BCUT2D eigenvalue weighted by Crippen LogP contribution is 2.39. The monoisotopic (exact) mass is 364 g/mol. The van der Waals surface area contributed by atoms with Crippen molar-refractivity contribution in [3.05, 3.63) is 59.8 Å². The van der Waals surface area contributed by atoms with E-state index < -0.39 is 5.54 Å². The standard InChI is InChI=1S/C21H24N4O2/c22-18-10-4-9-17(23-18)19(26)25-14-6-12-21(25)11-5-13-24(20(21)27)15-16-7-2-1-3-8-16/h1-4,7-10H,5-6,11-15H2,(H2,22,23). The van der Waals surface area contributed by atoms with Crippen LogP contribution >= 0.6 is 0 Å². The molecule has 0 radical (unpaired) electrons. The summed E-state index contributed by atoms with van der Waals surface area (Å²) >= 11 is 0. The molecule has 1 atom stereocenters. The smallest absolute Gasteiger partial charge is 0.273 e. The van der Waals surface area contributed by atoms with Gasteiger partial charge in [-0.25, -0.2) is 4.98 Å². The number of piperidine rings is 1. The van der Waals surface area contributed by atoms with Crippen molar-refractivity contribution in [2.45, 2.75) is 37.8 Å². The van der Waals surface area contributed by atoms with Crippen LogP contribution in [0.1, 0.15) is 41.7 Å². The van der Waals surface area contributed by atoms with Gasteiger partial charge in [-0.1, -0.05) is 36.4 Å². The summed E-state index contributed by atoms with van der Waals surface area (Å²) in [5.74, 6) is 0.178. The van der Waals surface area contributed by atoms with Crippen LogP contribution in [0, 0.1) is 0 Å². The predicted molar refractivity (Wildman–Crippen MR) is 103 cm³/mol. The van der Waals surface area contributed by atoms with Crippen LogP contribution in [0.2, 0.25) is 0 Å². The Balaban J connectivity index is 1.60. The summed E-state index contributed by atoms with van der Waals surface area (Å²) in [7, 11) is 0. The molecule has 2 aliphatic heterocycles. The third-order valence-electron chi connectivity index (χ3n) is 5.64. The molecule has 0 bridgehead atoms. The summed E-state index contributed by atoms with van der Waals surface area (Å²) in [4.78, 5) is 34.4. The van der Waals surface area contributed by atoms with E-state index in [0.717, 1.165) is 24.9 Å². The van der Waals surface area contributed by atoms with Gasteiger partial charge in [-0.05, 0) is 43.4 Å². The second-order valence-electron chi connectivity index (χ2n) is 7.36. The molecule has 140 valence electrons. The lowest BCUT2D eigenvalue weighted by molar-refractivity contribution is -0.146. The first-order valence-electron chi connectivity index (χ1n) is 9.48. The minimum atomic E-state index is -0.740. The summed E-state index contributed by atoms with van der Waals surface area (Å²) in [5.41, 5.74) is 6.42. The molecule has 1 aromatic carbocycles. The molecule has 0 saturated carbocycles. The number of carbonyl (C=O) groups excluding carboxylic acids is 2. The number of rotatable bonds is 3. The summed E-state index contributed by atoms with van der Waals surface area (Å²) in [6.07, 6.45) is 3.15. The van der Waals surface area contributed by atoms with Gasteiger partial charge in [0.2, 0.25) is 5.91 Å². The summed E-state index contributed by atoms with van der Waals surface area (Å²) < 4.78 is 0. The molecule has 3 heterocycles. The van der Waals surface area contributed by atoms with Crippen LogP contribution in [-0.2, 0) is 11.3 Å². The van der Waals surface area contributed by atoms with Gasteiger partial charge in [0.1, 0.15) is 17.1 Å². The van der Waals surface area contributed by atoms with Gasteiger partial charge < -0.3 is 15.5 Å². The molecule has 2 N–H and O–H groups in total. The van der Waals surface area contributed by atoms with Crippen LogP contribution in [-0.4, -0.2) is 45.2 Å². The van der Waals surface area contributed by atoms with Crippen molar-refractivity contribution in [1.82, 2.24) is 14.8 Å². The molecule has 4 rings (SSSR count). The lowest BCUT2D eigenvalue weighted by Gasteiger charge is -2.44. The maximum atomic E-state index is 13.5. The molecular formula is C21H24N4O2. The Morgan fingerprint density at radius 2 is 1.78 bits per heavy atom. The molecule has 1 aromatic heterocycles. The van der Waals surface area contributed by atoms with Crippen molar-refractivity contribution >= 4 is 17.6 Å². The van der Waals surface area contributed by atoms with E-state index in [1.165, 1.54) is 0 Å². The SMILES string of the molecule is Nc1cccc(C(=O)N2CCCC23CCCN(Cc2ccccc2)C3=O)n1. The molecule has 6 nitrogen and oxygen atoms in total. The number of likely N-dealkylation sites (tertiary alicyclic amines) is 2. The summed E-state index contributed by atoms with van der Waals surface area (Å²) in [6.45, 7) is 1.90. The summed E-state index contributed by atoms with van der Waals surface area (Å²) in [6, 6.07) is 15.0. The van der Waals surface area contributed by atoms with Crippen molar-refractivity contribution in [3.63, 3.8) is 0 Å². The molecule has 1 unspecified atom stereocenters. The average Bonchev–Trinajstić information content (AvgIpc) is 3.10. The summed E-state index contributed by atoms with van der Waals surface area (Å²) in [5, 5.41) is 0. The largest absolute Gasteiger partial charge is 0.384 e. The van der Waals surface area contributed by atoms with E-state index in [1.54, 1.807) is 23.1 Å². The van der Waals surface area contributed by atoms with Gasteiger partial charge in [0.15, 0.2) is 0 Å². The Hall–Kier alpha value is -2.89. The van der Waals surface area contributed by atoms with Gasteiger partial charge in [-0.3, -0.25) is 9.59 Å². The van der Waals surface area contributed by atoms with Crippen LogP contribution in [0.5, 0.6) is 0 Å².